The third-order valence-electron chi connectivity index (χ3n) is 5.09. The van der Waals surface area contributed by atoms with E-state index in [-0.39, 0.29) is 29.4 Å². The van der Waals surface area contributed by atoms with Gasteiger partial charge in [-0.1, -0.05) is 30.3 Å². The fourth-order valence-corrected chi connectivity index (χ4v) is 3.55. The summed E-state index contributed by atoms with van der Waals surface area (Å²) in [4.78, 5) is 4.28. The van der Waals surface area contributed by atoms with Crippen LogP contribution in [0.15, 0.2) is 73.1 Å². The summed E-state index contributed by atoms with van der Waals surface area (Å²) in [5.74, 6) is -0.113. The van der Waals surface area contributed by atoms with Crippen LogP contribution in [-0.2, 0) is 6.61 Å². The molecule has 5 aromatic rings. The van der Waals surface area contributed by atoms with Gasteiger partial charge in [0.2, 0.25) is 5.88 Å². The molecule has 0 amide bonds. The molecule has 0 atom stereocenters. The summed E-state index contributed by atoms with van der Waals surface area (Å²) in [6.45, 7) is 0.0191. The molecular formula is C24H17F2N5O2. The fraction of sp³-hybridized carbons (Fsp3) is 0.0833. The van der Waals surface area contributed by atoms with Crippen LogP contribution in [0.25, 0.3) is 28.0 Å². The molecule has 3 heterocycles. The molecule has 0 spiro atoms. The number of hydrogen-bond donors (Lipinski definition) is 0. The van der Waals surface area contributed by atoms with Crippen molar-refractivity contribution < 1.29 is 18.3 Å². The SMILES string of the molecule is COc1cccnc1COc1nn2c(-c3ccccc3F)nncc2c1-c1ccccc1F. The van der Waals surface area contributed by atoms with Gasteiger partial charge in [-0.25, -0.2) is 13.3 Å². The van der Waals surface area contributed by atoms with Crippen molar-refractivity contribution in [2.45, 2.75) is 6.61 Å². The molecule has 0 saturated heterocycles. The minimum atomic E-state index is -0.483. The number of hydrogen-bond acceptors (Lipinski definition) is 6. The van der Waals surface area contributed by atoms with Crippen LogP contribution in [0.5, 0.6) is 11.6 Å². The van der Waals surface area contributed by atoms with Crippen molar-refractivity contribution >= 4 is 5.52 Å². The zero-order valence-corrected chi connectivity index (χ0v) is 17.4. The molecule has 0 aliphatic heterocycles. The number of aromatic nitrogens is 5. The predicted molar refractivity (Wildman–Crippen MR) is 117 cm³/mol. The lowest BCUT2D eigenvalue weighted by Gasteiger charge is -2.09. The molecule has 0 aliphatic rings. The van der Waals surface area contributed by atoms with Crippen LogP contribution in [0.3, 0.4) is 0 Å². The minimum absolute atomic E-state index is 0.0191. The number of fused-ring (bicyclic) bond motifs is 1. The monoisotopic (exact) mass is 445 g/mol. The van der Waals surface area contributed by atoms with Gasteiger partial charge in [0.05, 0.1) is 24.4 Å². The molecule has 0 aliphatic carbocycles. The highest BCUT2D eigenvalue weighted by Gasteiger charge is 2.23. The van der Waals surface area contributed by atoms with Gasteiger partial charge in [-0.05, 0) is 30.3 Å². The highest BCUT2D eigenvalue weighted by Crippen LogP contribution is 2.37. The molecule has 2 aromatic carbocycles. The first kappa shape index (κ1) is 20.5. The Morgan fingerprint density at radius 2 is 1.64 bits per heavy atom. The van der Waals surface area contributed by atoms with Gasteiger partial charge >= 0.3 is 0 Å². The maximum Gasteiger partial charge on any atom is 0.242 e. The first-order valence-corrected chi connectivity index (χ1v) is 10.0. The van der Waals surface area contributed by atoms with E-state index >= 15 is 0 Å². The van der Waals surface area contributed by atoms with Gasteiger partial charge in [-0.2, -0.15) is 5.10 Å². The fourth-order valence-electron chi connectivity index (χ4n) is 3.55. The molecule has 0 bridgehead atoms. The van der Waals surface area contributed by atoms with Crippen molar-refractivity contribution in [1.29, 1.82) is 0 Å². The minimum Gasteiger partial charge on any atom is -0.495 e. The number of methoxy groups -OCH3 is 1. The van der Waals surface area contributed by atoms with Gasteiger partial charge in [0.25, 0.3) is 0 Å². The van der Waals surface area contributed by atoms with Crippen molar-refractivity contribution in [1.82, 2.24) is 24.8 Å². The van der Waals surface area contributed by atoms with Crippen LogP contribution in [0, 0.1) is 11.6 Å². The number of ether oxygens (including phenoxy) is 2. The van der Waals surface area contributed by atoms with Crippen LogP contribution in [-0.4, -0.2) is 31.9 Å². The van der Waals surface area contributed by atoms with Gasteiger partial charge in [0.1, 0.15) is 35.2 Å². The predicted octanol–water partition coefficient (Wildman–Crippen LogP) is 4.72. The Morgan fingerprint density at radius 3 is 2.36 bits per heavy atom. The van der Waals surface area contributed by atoms with Crippen LogP contribution >= 0.6 is 0 Å². The van der Waals surface area contributed by atoms with Gasteiger partial charge in [-0.3, -0.25) is 4.98 Å². The average Bonchev–Trinajstić information content (AvgIpc) is 3.22. The summed E-state index contributed by atoms with van der Waals surface area (Å²) in [7, 11) is 1.54. The van der Waals surface area contributed by atoms with Gasteiger partial charge in [-0.15, -0.1) is 10.2 Å². The Kier molecular flexibility index (Phi) is 5.35. The zero-order valence-electron chi connectivity index (χ0n) is 17.4. The van der Waals surface area contributed by atoms with Gasteiger partial charge in [0, 0.05) is 11.8 Å². The molecule has 0 saturated carbocycles. The van der Waals surface area contributed by atoms with E-state index in [9.17, 15) is 8.78 Å². The van der Waals surface area contributed by atoms with Crippen LogP contribution < -0.4 is 9.47 Å². The number of rotatable bonds is 6. The van der Waals surface area contributed by atoms with Gasteiger partial charge in [0.15, 0.2) is 5.82 Å². The standard InChI is InChI=1S/C24H17F2N5O2/c1-32-21-11-6-12-27-19(21)14-33-24-22(15-7-2-4-9-17(15)25)20-13-28-29-23(31(20)30-24)16-8-3-5-10-18(16)26/h2-13H,14H2,1H3. The molecule has 0 N–H and O–H groups in total. The first-order chi connectivity index (χ1) is 16.2. The topological polar surface area (TPSA) is 74.4 Å². The summed E-state index contributed by atoms with van der Waals surface area (Å²) in [6.07, 6.45) is 3.06. The third-order valence-corrected chi connectivity index (χ3v) is 5.09. The summed E-state index contributed by atoms with van der Waals surface area (Å²) < 4.78 is 42.1. The largest absolute Gasteiger partial charge is 0.495 e. The zero-order chi connectivity index (χ0) is 22.8. The lowest BCUT2D eigenvalue weighted by atomic mass is 10.1. The molecule has 0 fully saturated rings. The molecule has 0 unspecified atom stereocenters. The highest BCUT2D eigenvalue weighted by atomic mass is 19.1. The van der Waals surface area contributed by atoms with Crippen LogP contribution in [0.2, 0.25) is 0 Å². The molecule has 9 heteroatoms. The van der Waals surface area contributed by atoms with Crippen molar-refractivity contribution in [3.05, 3.63) is 90.4 Å². The quantitative estimate of drug-likeness (QED) is 0.377. The molecular weight excluding hydrogens is 428 g/mol. The Morgan fingerprint density at radius 1 is 0.909 bits per heavy atom. The summed E-state index contributed by atoms with van der Waals surface area (Å²) in [5, 5.41) is 12.6. The van der Waals surface area contributed by atoms with Crippen molar-refractivity contribution in [2.75, 3.05) is 7.11 Å². The van der Waals surface area contributed by atoms with E-state index in [1.807, 2.05) is 0 Å². The third kappa shape index (κ3) is 3.73. The van der Waals surface area contributed by atoms with E-state index in [1.54, 1.807) is 54.7 Å². The van der Waals surface area contributed by atoms with Gasteiger partial charge < -0.3 is 9.47 Å². The Hall–Kier alpha value is -4.40. The van der Waals surface area contributed by atoms with Crippen molar-refractivity contribution in [3.8, 4) is 34.1 Å². The second kappa shape index (κ2) is 8.62. The van der Waals surface area contributed by atoms with Crippen LogP contribution in [0.4, 0.5) is 8.78 Å². The average molecular weight is 445 g/mol. The smallest absolute Gasteiger partial charge is 0.242 e. The molecule has 7 nitrogen and oxygen atoms in total. The normalized spacial score (nSPS) is 11.0. The summed E-state index contributed by atoms with van der Waals surface area (Å²) in [6, 6.07) is 15.9. The number of pyridine rings is 1. The lowest BCUT2D eigenvalue weighted by Crippen LogP contribution is -2.03. The molecule has 33 heavy (non-hydrogen) atoms. The van der Waals surface area contributed by atoms with Crippen LogP contribution in [0.1, 0.15) is 5.69 Å². The van der Waals surface area contributed by atoms with Crippen molar-refractivity contribution in [3.63, 3.8) is 0 Å². The van der Waals surface area contributed by atoms with E-state index in [0.29, 0.717) is 22.5 Å². The maximum absolute atomic E-state index is 14.8. The maximum atomic E-state index is 14.8. The van der Waals surface area contributed by atoms with E-state index < -0.39 is 11.6 Å². The molecule has 0 radical (unpaired) electrons. The second-order valence-corrected chi connectivity index (χ2v) is 7.05. The van der Waals surface area contributed by atoms with Crippen molar-refractivity contribution in [2.24, 2.45) is 0 Å². The Bertz CT molecular complexity index is 1450. The second-order valence-electron chi connectivity index (χ2n) is 7.05. The highest BCUT2D eigenvalue weighted by molar-refractivity contribution is 5.85. The van der Waals surface area contributed by atoms with E-state index in [4.69, 9.17) is 9.47 Å². The number of halogens is 2. The molecule has 164 valence electrons. The van der Waals surface area contributed by atoms with E-state index in [1.165, 1.54) is 30.0 Å². The Balaban J connectivity index is 1.69. The first-order valence-electron chi connectivity index (χ1n) is 10.0. The van der Waals surface area contributed by atoms with E-state index in [0.717, 1.165) is 0 Å². The Labute approximate surface area is 187 Å². The lowest BCUT2D eigenvalue weighted by molar-refractivity contribution is 0.280. The molecule has 3 aromatic heterocycles. The number of benzene rings is 2. The number of nitrogens with zero attached hydrogens (tertiary/aromatic N) is 5. The summed E-state index contributed by atoms with van der Waals surface area (Å²) >= 11 is 0. The van der Waals surface area contributed by atoms with E-state index in [2.05, 4.69) is 20.3 Å². The summed E-state index contributed by atoms with van der Waals surface area (Å²) in [5.41, 5.74) is 1.80. The molecule has 5 rings (SSSR count).